The number of amides is 4. The molecule has 0 spiro atoms. The van der Waals surface area contributed by atoms with E-state index in [1.54, 1.807) is 4.90 Å². The van der Waals surface area contributed by atoms with E-state index >= 15 is 0 Å². The van der Waals surface area contributed by atoms with Gasteiger partial charge in [0.2, 0.25) is 11.8 Å². The molecule has 0 unspecified atom stereocenters. The smallest absolute Gasteiger partial charge is 0.327 e. The van der Waals surface area contributed by atoms with Gasteiger partial charge in [-0.05, 0) is 49.9 Å². The minimum absolute atomic E-state index is 0.0363. The van der Waals surface area contributed by atoms with E-state index in [0.29, 0.717) is 11.4 Å². The summed E-state index contributed by atoms with van der Waals surface area (Å²) in [7, 11) is 0. The fraction of sp³-hybridized carbons (Fsp3) is 0.342. The van der Waals surface area contributed by atoms with Gasteiger partial charge in [0.15, 0.2) is 0 Å². The fourth-order valence-electron chi connectivity index (χ4n) is 5.78. The number of unbranched alkanes of at least 4 members (excludes halogenated alkanes) is 1. The number of carbonyl (C=O) groups is 7. The van der Waals surface area contributed by atoms with E-state index in [2.05, 4.69) is 16.0 Å². The van der Waals surface area contributed by atoms with Crippen LogP contribution in [0.4, 0.5) is 4.79 Å². The van der Waals surface area contributed by atoms with Gasteiger partial charge in [-0.15, -0.1) is 0 Å². The van der Waals surface area contributed by atoms with Gasteiger partial charge in [-0.2, -0.15) is 0 Å². The number of fused-ring (bicyclic) bond motifs is 2. The van der Waals surface area contributed by atoms with Crippen LogP contribution in [0.5, 0.6) is 0 Å². The van der Waals surface area contributed by atoms with Crippen LogP contribution < -0.4 is 21.3 Å². The van der Waals surface area contributed by atoms with Crippen molar-refractivity contribution in [3.8, 4) is 0 Å². The molecule has 56 heavy (non-hydrogen) atoms. The maximum absolute atomic E-state index is 12.9. The number of aliphatic carboxylic acids is 4. The molecule has 8 N–H and O–H groups in total. The van der Waals surface area contributed by atoms with Gasteiger partial charge in [-0.25, -0.2) is 19.2 Å². The molecular weight excluding hydrogens is 730 g/mol. The molecule has 0 radical (unpaired) electrons. The van der Waals surface area contributed by atoms with Crippen molar-refractivity contribution in [3.63, 3.8) is 0 Å². The first-order valence-corrected chi connectivity index (χ1v) is 17.7. The Bertz CT molecular complexity index is 1980. The zero-order chi connectivity index (χ0) is 40.6. The highest BCUT2D eigenvalue weighted by molar-refractivity contribution is 5.98. The molecule has 4 amide bonds. The number of aromatic nitrogens is 2. The standard InChI is InChI=1S/C38H43N7O11/c46-32(39-18-6-5-11-29(35(50)51)43-38(56)44-30(36(52)53)16-17-34(48)49)19-33(47)42-31(37(54)55)22-45(20-25-14-12-23-7-1-3-9-27(23)40-25)21-26-15-13-24-8-2-4-10-28(24)41-26/h1-4,7-10,12-15,29-31H,5-6,11,16-22H2,(H,39,46)(H,42,47)(H,48,49)(H,50,51)(H,52,53)(H,54,55)(H2,43,44,56)/t29-,30-,31-/m0/s1. The molecule has 296 valence electrons. The summed E-state index contributed by atoms with van der Waals surface area (Å²) in [6.45, 7) is 0.368. The summed E-state index contributed by atoms with van der Waals surface area (Å²) in [6.07, 6.45) is -1.26. The van der Waals surface area contributed by atoms with Gasteiger partial charge in [-0.3, -0.25) is 29.3 Å². The molecule has 0 fully saturated rings. The lowest BCUT2D eigenvalue weighted by Gasteiger charge is -2.26. The number of carboxylic acid groups (broad SMARTS) is 4. The number of para-hydroxylation sites is 2. The summed E-state index contributed by atoms with van der Waals surface area (Å²) in [5, 5.41) is 48.5. The molecular formula is C38H43N7O11. The summed E-state index contributed by atoms with van der Waals surface area (Å²) in [4.78, 5) is 94.9. The number of pyridine rings is 2. The fourth-order valence-corrected chi connectivity index (χ4v) is 5.78. The van der Waals surface area contributed by atoms with Crippen molar-refractivity contribution < 1.29 is 54.0 Å². The van der Waals surface area contributed by atoms with E-state index in [9.17, 15) is 48.9 Å². The molecule has 2 aromatic heterocycles. The van der Waals surface area contributed by atoms with Crippen LogP contribution in [0.1, 0.15) is 49.9 Å². The first-order valence-electron chi connectivity index (χ1n) is 17.7. The Kier molecular flexibility index (Phi) is 15.5. The predicted octanol–water partition coefficient (Wildman–Crippen LogP) is 2.10. The molecule has 0 bridgehead atoms. The van der Waals surface area contributed by atoms with Gasteiger partial charge in [0.25, 0.3) is 0 Å². The molecule has 2 aromatic carbocycles. The van der Waals surface area contributed by atoms with E-state index in [4.69, 9.17) is 15.1 Å². The average molecular weight is 774 g/mol. The summed E-state index contributed by atoms with van der Waals surface area (Å²) < 4.78 is 0. The topological polar surface area (TPSA) is 278 Å². The number of nitrogens with zero attached hydrogens (tertiary/aromatic N) is 3. The lowest BCUT2D eigenvalue weighted by molar-refractivity contribution is -0.143. The number of urea groups is 1. The normalized spacial score (nSPS) is 12.7. The van der Waals surface area contributed by atoms with E-state index in [-0.39, 0.29) is 45.4 Å². The summed E-state index contributed by atoms with van der Waals surface area (Å²) in [5.41, 5.74) is 2.89. The second kappa shape index (κ2) is 20.7. The maximum Gasteiger partial charge on any atom is 0.327 e. The molecule has 4 aromatic rings. The van der Waals surface area contributed by atoms with Gasteiger partial charge in [0, 0.05) is 43.4 Å². The molecule has 0 aliphatic heterocycles. The third kappa shape index (κ3) is 13.6. The molecule has 0 aliphatic rings. The predicted molar refractivity (Wildman–Crippen MR) is 200 cm³/mol. The molecule has 4 rings (SSSR count). The molecule has 0 saturated heterocycles. The van der Waals surface area contributed by atoms with Crippen molar-refractivity contribution in [2.45, 2.75) is 69.7 Å². The molecule has 0 aliphatic carbocycles. The number of carbonyl (C=O) groups excluding carboxylic acids is 3. The minimum atomic E-state index is -1.54. The van der Waals surface area contributed by atoms with Crippen LogP contribution in [0.15, 0.2) is 72.8 Å². The van der Waals surface area contributed by atoms with Crippen LogP contribution in [0, 0.1) is 0 Å². The van der Waals surface area contributed by atoms with Crippen molar-refractivity contribution in [3.05, 3.63) is 84.2 Å². The first-order chi connectivity index (χ1) is 26.8. The highest BCUT2D eigenvalue weighted by atomic mass is 16.4. The van der Waals surface area contributed by atoms with E-state index in [1.807, 2.05) is 78.1 Å². The second-order valence-corrected chi connectivity index (χ2v) is 13.0. The Labute approximate surface area is 320 Å². The van der Waals surface area contributed by atoms with E-state index in [0.717, 1.165) is 21.8 Å². The highest BCUT2D eigenvalue weighted by Crippen LogP contribution is 2.17. The van der Waals surface area contributed by atoms with Crippen molar-refractivity contribution in [1.82, 2.24) is 36.1 Å². The Balaban J connectivity index is 1.28. The number of nitrogens with one attached hydrogen (secondary N) is 4. The zero-order valence-corrected chi connectivity index (χ0v) is 30.2. The van der Waals surface area contributed by atoms with Gasteiger partial charge in [0.05, 0.1) is 22.4 Å². The number of rotatable bonds is 22. The van der Waals surface area contributed by atoms with Crippen LogP contribution in [0.2, 0.25) is 0 Å². The van der Waals surface area contributed by atoms with Crippen LogP contribution in [-0.2, 0) is 41.9 Å². The molecule has 18 nitrogen and oxygen atoms in total. The van der Waals surface area contributed by atoms with Crippen LogP contribution in [0.25, 0.3) is 21.8 Å². The number of hydrogen-bond acceptors (Lipinski definition) is 10. The molecule has 2 heterocycles. The van der Waals surface area contributed by atoms with Crippen LogP contribution in [0.3, 0.4) is 0 Å². The van der Waals surface area contributed by atoms with Crippen LogP contribution in [-0.4, -0.2) is 108 Å². The lowest BCUT2D eigenvalue weighted by atomic mass is 10.1. The third-order valence-corrected chi connectivity index (χ3v) is 8.57. The zero-order valence-electron chi connectivity index (χ0n) is 30.2. The largest absolute Gasteiger partial charge is 0.481 e. The molecule has 3 atom stereocenters. The number of benzene rings is 2. The van der Waals surface area contributed by atoms with Crippen molar-refractivity contribution in [2.75, 3.05) is 13.1 Å². The third-order valence-electron chi connectivity index (χ3n) is 8.57. The SMILES string of the molecule is O=C(O)CC[C@H](NC(=O)N[C@@H](CCCCNC(=O)CC(=O)N[C@@H](CN(Cc1ccc2ccccc2n1)Cc1ccc2ccccc2n1)C(=O)O)C(=O)O)C(=O)O. The Morgan fingerprint density at radius 3 is 1.62 bits per heavy atom. The van der Waals surface area contributed by atoms with Gasteiger partial charge in [0.1, 0.15) is 24.5 Å². The number of carboxylic acids is 4. The monoisotopic (exact) mass is 773 g/mol. The van der Waals surface area contributed by atoms with E-state index < -0.39 is 79.1 Å². The second-order valence-electron chi connectivity index (χ2n) is 13.0. The quantitative estimate of drug-likeness (QED) is 0.0420. The maximum atomic E-state index is 12.9. The minimum Gasteiger partial charge on any atom is -0.481 e. The molecule has 18 heteroatoms. The number of hydrogen-bond donors (Lipinski definition) is 8. The summed E-state index contributed by atoms with van der Waals surface area (Å²) in [5.74, 6) is -6.98. The Morgan fingerprint density at radius 2 is 1.11 bits per heavy atom. The van der Waals surface area contributed by atoms with Gasteiger partial charge >= 0.3 is 29.9 Å². The van der Waals surface area contributed by atoms with E-state index in [1.165, 1.54) is 0 Å². The first kappa shape index (κ1) is 42.1. The Morgan fingerprint density at radius 1 is 0.589 bits per heavy atom. The summed E-state index contributed by atoms with van der Waals surface area (Å²) >= 11 is 0. The van der Waals surface area contributed by atoms with Crippen molar-refractivity contribution >= 4 is 63.5 Å². The molecule has 0 saturated carbocycles. The van der Waals surface area contributed by atoms with Gasteiger partial charge < -0.3 is 41.7 Å². The van der Waals surface area contributed by atoms with Crippen LogP contribution >= 0.6 is 0 Å². The van der Waals surface area contributed by atoms with Crippen molar-refractivity contribution in [1.29, 1.82) is 0 Å². The summed E-state index contributed by atoms with van der Waals surface area (Å²) in [6, 6.07) is 17.3. The van der Waals surface area contributed by atoms with Gasteiger partial charge in [-0.1, -0.05) is 48.5 Å². The van der Waals surface area contributed by atoms with Crippen molar-refractivity contribution in [2.24, 2.45) is 0 Å². The highest BCUT2D eigenvalue weighted by Gasteiger charge is 2.26. The average Bonchev–Trinajstić information content (AvgIpc) is 3.15. The Hall–Kier alpha value is -6.69. The lowest BCUT2D eigenvalue weighted by Crippen LogP contribution is -2.51.